The minimum absolute atomic E-state index is 0.969. The second kappa shape index (κ2) is 5.18. The zero-order chi connectivity index (χ0) is 13.1. The lowest BCUT2D eigenvalue weighted by Gasteiger charge is -2.07. The summed E-state index contributed by atoms with van der Waals surface area (Å²) in [6.07, 6.45) is 8.85. The topological polar surface area (TPSA) is 34.8 Å². The molecule has 0 saturated heterocycles. The summed E-state index contributed by atoms with van der Waals surface area (Å²) in [6, 6.07) is 8.64. The van der Waals surface area contributed by atoms with E-state index in [1.807, 2.05) is 18.7 Å². The van der Waals surface area contributed by atoms with Crippen LogP contribution in [0.1, 0.15) is 6.42 Å². The quantitative estimate of drug-likeness (QED) is 0.710. The summed E-state index contributed by atoms with van der Waals surface area (Å²) in [7, 11) is 2.07. The molecular formula is C15H18N4. The molecule has 3 rings (SSSR count). The van der Waals surface area contributed by atoms with E-state index >= 15 is 0 Å². The van der Waals surface area contributed by atoms with Crippen molar-refractivity contribution in [2.75, 3.05) is 11.9 Å². The highest BCUT2D eigenvalue weighted by Crippen LogP contribution is 2.19. The van der Waals surface area contributed by atoms with Crippen LogP contribution in [-0.2, 0) is 13.6 Å². The third kappa shape index (κ3) is 2.62. The minimum atomic E-state index is 0.969. The smallest absolute Gasteiger partial charge is 0.0945 e. The van der Waals surface area contributed by atoms with Gasteiger partial charge in [-0.05, 0) is 30.7 Å². The van der Waals surface area contributed by atoms with Crippen LogP contribution < -0.4 is 5.32 Å². The van der Waals surface area contributed by atoms with Gasteiger partial charge >= 0.3 is 0 Å². The largest absolute Gasteiger partial charge is 0.385 e. The fraction of sp³-hybridized carbons (Fsp3) is 0.267. The number of fused-ring (bicyclic) bond motifs is 1. The molecule has 2 aromatic heterocycles. The van der Waals surface area contributed by atoms with E-state index in [-0.39, 0.29) is 0 Å². The average Bonchev–Trinajstić information content (AvgIpc) is 3.05. The van der Waals surface area contributed by atoms with Crippen molar-refractivity contribution in [1.29, 1.82) is 0 Å². The molecule has 0 aliphatic heterocycles. The van der Waals surface area contributed by atoms with Crippen LogP contribution >= 0.6 is 0 Å². The lowest BCUT2D eigenvalue weighted by Crippen LogP contribution is -2.05. The van der Waals surface area contributed by atoms with Gasteiger partial charge in [-0.25, -0.2) is 4.98 Å². The Bertz CT molecular complexity index is 652. The molecule has 3 aromatic rings. The lowest BCUT2D eigenvalue weighted by molar-refractivity contribution is 0.661. The van der Waals surface area contributed by atoms with Gasteiger partial charge in [0.2, 0.25) is 0 Å². The van der Waals surface area contributed by atoms with Crippen molar-refractivity contribution in [1.82, 2.24) is 14.1 Å². The standard InChI is InChI=1S/C15H18N4/c1-18-9-5-13-11-14(3-4-15(13)18)17-6-2-8-19-10-7-16-12-19/h3-5,7,9-12,17H,2,6,8H2,1H3. The number of imidazole rings is 1. The van der Waals surface area contributed by atoms with Crippen LogP contribution in [0.5, 0.6) is 0 Å². The number of hydrogen-bond donors (Lipinski definition) is 1. The number of aromatic nitrogens is 3. The van der Waals surface area contributed by atoms with Crippen LogP contribution in [0.2, 0.25) is 0 Å². The van der Waals surface area contributed by atoms with Crippen molar-refractivity contribution in [3.8, 4) is 0 Å². The number of benzene rings is 1. The molecule has 4 nitrogen and oxygen atoms in total. The molecule has 2 heterocycles. The van der Waals surface area contributed by atoms with Crippen molar-refractivity contribution in [3.05, 3.63) is 49.2 Å². The Morgan fingerprint density at radius 3 is 3.00 bits per heavy atom. The summed E-state index contributed by atoms with van der Waals surface area (Å²) in [5.74, 6) is 0. The molecule has 0 radical (unpaired) electrons. The minimum Gasteiger partial charge on any atom is -0.385 e. The molecule has 0 atom stereocenters. The molecule has 0 aliphatic carbocycles. The number of anilines is 1. The van der Waals surface area contributed by atoms with Gasteiger partial charge in [-0.15, -0.1) is 0 Å². The van der Waals surface area contributed by atoms with Gasteiger partial charge in [-0.1, -0.05) is 0 Å². The van der Waals surface area contributed by atoms with Crippen molar-refractivity contribution in [3.63, 3.8) is 0 Å². The Kier molecular flexibility index (Phi) is 3.23. The molecule has 0 unspecified atom stereocenters. The van der Waals surface area contributed by atoms with Gasteiger partial charge in [0.1, 0.15) is 0 Å². The van der Waals surface area contributed by atoms with Crippen LogP contribution in [-0.4, -0.2) is 20.7 Å². The summed E-state index contributed by atoms with van der Waals surface area (Å²) in [5.41, 5.74) is 2.45. The van der Waals surface area contributed by atoms with Gasteiger partial charge in [0.25, 0.3) is 0 Å². The molecule has 0 amide bonds. The SMILES string of the molecule is Cn1ccc2cc(NCCCn3ccnc3)ccc21. The maximum atomic E-state index is 4.04. The van der Waals surface area contributed by atoms with Crippen LogP contribution in [0.25, 0.3) is 10.9 Å². The Balaban J connectivity index is 1.56. The molecular weight excluding hydrogens is 236 g/mol. The highest BCUT2D eigenvalue weighted by atomic mass is 15.0. The Hall–Kier alpha value is -2.23. The number of nitrogens with one attached hydrogen (secondary N) is 1. The maximum absolute atomic E-state index is 4.04. The van der Waals surface area contributed by atoms with Crippen LogP contribution in [0.15, 0.2) is 49.2 Å². The third-order valence-corrected chi connectivity index (χ3v) is 3.37. The highest BCUT2D eigenvalue weighted by molar-refractivity contribution is 5.83. The zero-order valence-electron chi connectivity index (χ0n) is 11.1. The third-order valence-electron chi connectivity index (χ3n) is 3.37. The summed E-state index contributed by atoms with van der Waals surface area (Å²) < 4.78 is 4.24. The van der Waals surface area contributed by atoms with Crippen LogP contribution in [0, 0.1) is 0 Å². The van der Waals surface area contributed by atoms with Crippen molar-refractivity contribution >= 4 is 16.6 Å². The van der Waals surface area contributed by atoms with E-state index < -0.39 is 0 Å². The average molecular weight is 254 g/mol. The number of hydrogen-bond acceptors (Lipinski definition) is 2. The highest BCUT2D eigenvalue weighted by Gasteiger charge is 1.99. The van der Waals surface area contributed by atoms with Gasteiger partial charge in [0.05, 0.1) is 6.33 Å². The molecule has 0 spiro atoms. The fourth-order valence-corrected chi connectivity index (χ4v) is 2.30. The predicted octanol–water partition coefficient (Wildman–Crippen LogP) is 2.88. The fourth-order valence-electron chi connectivity index (χ4n) is 2.30. The normalized spacial score (nSPS) is 11.0. The monoisotopic (exact) mass is 254 g/mol. The van der Waals surface area contributed by atoms with E-state index in [2.05, 4.69) is 56.9 Å². The summed E-state index contributed by atoms with van der Waals surface area (Å²) >= 11 is 0. The molecule has 0 bridgehead atoms. The second-order valence-electron chi connectivity index (χ2n) is 4.78. The predicted molar refractivity (Wildman–Crippen MR) is 78.3 cm³/mol. The summed E-state index contributed by atoms with van der Waals surface area (Å²) in [6.45, 7) is 1.97. The molecule has 0 aliphatic rings. The Morgan fingerprint density at radius 2 is 2.16 bits per heavy atom. The van der Waals surface area contributed by atoms with Gasteiger partial charge in [0, 0.05) is 55.3 Å². The molecule has 19 heavy (non-hydrogen) atoms. The zero-order valence-corrected chi connectivity index (χ0v) is 11.1. The summed E-state index contributed by atoms with van der Waals surface area (Å²) in [5, 5.41) is 4.75. The first kappa shape index (κ1) is 11.8. The van der Waals surface area contributed by atoms with Gasteiger partial charge in [0.15, 0.2) is 0 Å². The molecule has 1 aromatic carbocycles. The van der Waals surface area contributed by atoms with E-state index in [9.17, 15) is 0 Å². The molecule has 4 heteroatoms. The maximum Gasteiger partial charge on any atom is 0.0945 e. The molecule has 1 N–H and O–H groups in total. The molecule has 98 valence electrons. The number of aryl methyl sites for hydroxylation is 2. The second-order valence-corrected chi connectivity index (χ2v) is 4.78. The lowest BCUT2D eigenvalue weighted by atomic mass is 10.2. The first-order valence-electron chi connectivity index (χ1n) is 6.57. The first-order valence-corrected chi connectivity index (χ1v) is 6.57. The van der Waals surface area contributed by atoms with Gasteiger partial charge in [-0.2, -0.15) is 0 Å². The molecule has 0 saturated carbocycles. The number of nitrogens with zero attached hydrogens (tertiary/aromatic N) is 3. The summed E-state index contributed by atoms with van der Waals surface area (Å²) in [4.78, 5) is 4.04. The van der Waals surface area contributed by atoms with Gasteiger partial charge in [-0.3, -0.25) is 0 Å². The van der Waals surface area contributed by atoms with E-state index in [0.29, 0.717) is 0 Å². The van der Waals surface area contributed by atoms with Crippen molar-refractivity contribution in [2.45, 2.75) is 13.0 Å². The van der Waals surface area contributed by atoms with Crippen molar-refractivity contribution < 1.29 is 0 Å². The van der Waals surface area contributed by atoms with E-state index in [1.165, 1.54) is 16.6 Å². The van der Waals surface area contributed by atoms with E-state index in [0.717, 1.165) is 19.5 Å². The van der Waals surface area contributed by atoms with Crippen LogP contribution in [0.3, 0.4) is 0 Å². The Morgan fingerprint density at radius 1 is 1.21 bits per heavy atom. The van der Waals surface area contributed by atoms with Gasteiger partial charge < -0.3 is 14.5 Å². The number of rotatable bonds is 5. The first-order chi connectivity index (χ1) is 9.33. The van der Waals surface area contributed by atoms with Crippen LogP contribution in [0.4, 0.5) is 5.69 Å². The molecule has 0 fully saturated rings. The Labute approximate surface area is 112 Å². The van der Waals surface area contributed by atoms with Crippen molar-refractivity contribution in [2.24, 2.45) is 7.05 Å². The van der Waals surface area contributed by atoms with E-state index in [4.69, 9.17) is 0 Å². The van der Waals surface area contributed by atoms with E-state index in [1.54, 1.807) is 0 Å².